The van der Waals surface area contributed by atoms with Crippen molar-refractivity contribution in [2.45, 2.75) is 12.5 Å². The Kier molecular flexibility index (Phi) is 2.43. The van der Waals surface area contributed by atoms with Crippen LogP contribution in [0.4, 0.5) is 0 Å². The molecule has 1 heterocycles. The molecular weight excluding hydrogens is 144 g/mol. The third-order valence-electron chi connectivity index (χ3n) is 1.28. The molecule has 1 rings (SSSR count). The molecule has 3 heteroatoms. The topological polar surface area (TPSA) is 49.8 Å². The minimum atomic E-state index is -0.101. The van der Waals surface area contributed by atoms with Gasteiger partial charge < -0.3 is 5.73 Å². The van der Waals surface area contributed by atoms with Crippen molar-refractivity contribution in [1.82, 2.24) is 0 Å². The van der Waals surface area contributed by atoms with Gasteiger partial charge in [-0.1, -0.05) is 0 Å². The second-order valence-corrected chi connectivity index (χ2v) is 2.81. The Morgan fingerprint density at radius 1 is 1.80 bits per heavy atom. The van der Waals surface area contributed by atoms with Crippen LogP contribution in [0.25, 0.3) is 0 Å². The molecule has 0 bridgehead atoms. The Hall–Kier alpha value is -0.850. The van der Waals surface area contributed by atoms with Crippen LogP contribution in [0, 0.1) is 11.3 Å². The quantitative estimate of drug-likeness (QED) is 0.700. The van der Waals surface area contributed by atoms with Crippen molar-refractivity contribution in [3.8, 4) is 6.07 Å². The predicted molar refractivity (Wildman–Crippen MR) is 41.5 cm³/mol. The van der Waals surface area contributed by atoms with E-state index < -0.39 is 0 Å². The SMILES string of the molecule is N#CC[C@H](N)c1ccsc1. The molecule has 2 nitrogen and oxygen atoms in total. The number of thiophene rings is 1. The van der Waals surface area contributed by atoms with Crippen LogP contribution >= 0.6 is 11.3 Å². The van der Waals surface area contributed by atoms with Crippen molar-refractivity contribution in [2.75, 3.05) is 0 Å². The van der Waals surface area contributed by atoms with E-state index in [1.807, 2.05) is 22.9 Å². The monoisotopic (exact) mass is 152 g/mol. The van der Waals surface area contributed by atoms with E-state index in [1.165, 1.54) is 0 Å². The summed E-state index contributed by atoms with van der Waals surface area (Å²) < 4.78 is 0. The Balaban J connectivity index is 2.61. The smallest absolute Gasteiger partial charge is 0.0641 e. The summed E-state index contributed by atoms with van der Waals surface area (Å²) in [6, 6.07) is 3.89. The zero-order valence-electron chi connectivity index (χ0n) is 5.45. The van der Waals surface area contributed by atoms with E-state index in [1.54, 1.807) is 11.3 Å². The molecule has 0 aliphatic heterocycles. The normalized spacial score (nSPS) is 12.4. The number of hydrogen-bond acceptors (Lipinski definition) is 3. The summed E-state index contributed by atoms with van der Waals surface area (Å²) >= 11 is 1.60. The maximum absolute atomic E-state index is 8.31. The molecule has 0 aliphatic carbocycles. The van der Waals surface area contributed by atoms with Gasteiger partial charge in [0.1, 0.15) is 0 Å². The van der Waals surface area contributed by atoms with E-state index in [2.05, 4.69) is 0 Å². The van der Waals surface area contributed by atoms with Gasteiger partial charge in [0.15, 0.2) is 0 Å². The van der Waals surface area contributed by atoms with Gasteiger partial charge in [0, 0.05) is 6.04 Å². The highest BCUT2D eigenvalue weighted by molar-refractivity contribution is 7.07. The molecule has 0 spiro atoms. The summed E-state index contributed by atoms with van der Waals surface area (Å²) in [4.78, 5) is 0. The first-order chi connectivity index (χ1) is 4.84. The van der Waals surface area contributed by atoms with E-state index in [-0.39, 0.29) is 6.04 Å². The lowest BCUT2D eigenvalue weighted by Gasteiger charge is -2.01. The van der Waals surface area contributed by atoms with E-state index in [0.29, 0.717) is 6.42 Å². The molecule has 0 amide bonds. The molecule has 0 aliphatic rings. The average Bonchev–Trinajstić information content (AvgIpc) is 2.38. The van der Waals surface area contributed by atoms with E-state index in [9.17, 15) is 0 Å². The zero-order valence-corrected chi connectivity index (χ0v) is 6.27. The van der Waals surface area contributed by atoms with Gasteiger partial charge in [0.05, 0.1) is 12.5 Å². The fraction of sp³-hybridized carbons (Fsp3) is 0.286. The first-order valence-corrected chi connectivity index (χ1v) is 3.93. The Bertz CT molecular complexity index is 222. The Labute approximate surface area is 63.9 Å². The van der Waals surface area contributed by atoms with E-state index in [4.69, 9.17) is 11.0 Å². The molecule has 2 N–H and O–H groups in total. The summed E-state index contributed by atoms with van der Waals surface area (Å²) in [5.41, 5.74) is 6.70. The molecule has 1 atom stereocenters. The number of nitriles is 1. The van der Waals surface area contributed by atoms with Crippen LogP contribution in [0.2, 0.25) is 0 Å². The van der Waals surface area contributed by atoms with Gasteiger partial charge in [-0.05, 0) is 22.4 Å². The van der Waals surface area contributed by atoms with Crippen molar-refractivity contribution in [2.24, 2.45) is 5.73 Å². The Morgan fingerprint density at radius 3 is 3.10 bits per heavy atom. The lowest BCUT2D eigenvalue weighted by Crippen LogP contribution is -2.07. The molecule has 52 valence electrons. The molecule has 1 aromatic rings. The van der Waals surface area contributed by atoms with Gasteiger partial charge in [-0.3, -0.25) is 0 Å². The molecule has 0 aromatic carbocycles. The fourth-order valence-electron chi connectivity index (χ4n) is 0.702. The van der Waals surface area contributed by atoms with Gasteiger partial charge in [0.2, 0.25) is 0 Å². The van der Waals surface area contributed by atoms with Crippen LogP contribution in [-0.2, 0) is 0 Å². The number of nitrogens with two attached hydrogens (primary N) is 1. The molecule has 0 radical (unpaired) electrons. The molecule has 0 saturated carbocycles. The summed E-state index contributed by atoms with van der Waals surface area (Å²) in [6.45, 7) is 0. The highest BCUT2D eigenvalue weighted by atomic mass is 32.1. The van der Waals surface area contributed by atoms with Crippen LogP contribution < -0.4 is 5.73 Å². The molecule has 10 heavy (non-hydrogen) atoms. The predicted octanol–water partition coefficient (Wildman–Crippen LogP) is 1.66. The molecule has 0 fully saturated rings. The van der Waals surface area contributed by atoms with Crippen LogP contribution in [0.3, 0.4) is 0 Å². The number of nitrogens with zero attached hydrogens (tertiary/aromatic N) is 1. The van der Waals surface area contributed by atoms with Crippen molar-refractivity contribution >= 4 is 11.3 Å². The van der Waals surface area contributed by atoms with Crippen molar-refractivity contribution in [1.29, 1.82) is 5.26 Å². The van der Waals surface area contributed by atoms with E-state index in [0.717, 1.165) is 5.56 Å². The van der Waals surface area contributed by atoms with Gasteiger partial charge in [-0.25, -0.2) is 0 Å². The van der Waals surface area contributed by atoms with Crippen LogP contribution in [0.15, 0.2) is 16.8 Å². The molecule has 1 aromatic heterocycles. The van der Waals surface area contributed by atoms with E-state index >= 15 is 0 Å². The van der Waals surface area contributed by atoms with Crippen LogP contribution in [0.1, 0.15) is 18.0 Å². The first kappa shape index (κ1) is 7.26. The highest BCUT2D eigenvalue weighted by Crippen LogP contribution is 2.15. The third-order valence-corrected chi connectivity index (χ3v) is 1.98. The van der Waals surface area contributed by atoms with Gasteiger partial charge in [-0.2, -0.15) is 16.6 Å². The molecule has 0 saturated heterocycles. The lowest BCUT2D eigenvalue weighted by molar-refractivity contribution is 0.752. The minimum absolute atomic E-state index is 0.101. The Morgan fingerprint density at radius 2 is 2.60 bits per heavy atom. The summed E-state index contributed by atoms with van der Waals surface area (Å²) in [7, 11) is 0. The fourth-order valence-corrected chi connectivity index (χ4v) is 1.43. The summed E-state index contributed by atoms with van der Waals surface area (Å²) in [5, 5.41) is 12.2. The zero-order chi connectivity index (χ0) is 7.40. The van der Waals surface area contributed by atoms with Crippen molar-refractivity contribution in [3.63, 3.8) is 0 Å². The second-order valence-electron chi connectivity index (χ2n) is 2.03. The van der Waals surface area contributed by atoms with Gasteiger partial charge >= 0.3 is 0 Å². The summed E-state index contributed by atoms with van der Waals surface area (Å²) in [5.74, 6) is 0. The van der Waals surface area contributed by atoms with Crippen molar-refractivity contribution in [3.05, 3.63) is 22.4 Å². The second kappa shape index (κ2) is 3.35. The molecule has 0 unspecified atom stereocenters. The van der Waals surface area contributed by atoms with Crippen LogP contribution in [0.5, 0.6) is 0 Å². The maximum Gasteiger partial charge on any atom is 0.0641 e. The lowest BCUT2D eigenvalue weighted by atomic mass is 10.1. The third kappa shape index (κ3) is 1.56. The molecular formula is C7H8N2S. The van der Waals surface area contributed by atoms with Gasteiger partial charge in [0.25, 0.3) is 0 Å². The largest absolute Gasteiger partial charge is 0.323 e. The van der Waals surface area contributed by atoms with Crippen LogP contribution in [-0.4, -0.2) is 0 Å². The minimum Gasteiger partial charge on any atom is -0.323 e. The summed E-state index contributed by atoms with van der Waals surface area (Å²) in [6.07, 6.45) is 0.400. The van der Waals surface area contributed by atoms with Gasteiger partial charge in [-0.15, -0.1) is 0 Å². The number of rotatable bonds is 2. The average molecular weight is 152 g/mol. The first-order valence-electron chi connectivity index (χ1n) is 2.99. The standard InChI is InChI=1S/C7H8N2S/c8-3-1-7(9)6-2-4-10-5-6/h2,4-5,7H,1,9H2/t7-/m0/s1. The highest BCUT2D eigenvalue weighted by Gasteiger charge is 2.03. The number of hydrogen-bond donors (Lipinski definition) is 1. The maximum atomic E-state index is 8.31. The van der Waals surface area contributed by atoms with Crippen molar-refractivity contribution < 1.29 is 0 Å².